The van der Waals surface area contributed by atoms with Crippen molar-refractivity contribution in [2.24, 2.45) is 0 Å². The second-order valence-corrected chi connectivity index (χ2v) is 8.58. The molecule has 1 fully saturated rings. The summed E-state index contributed by atoms with van der Waals surface area (Å²) < 4.78 is 31.6. The second kappa shape index (κ2) is 8.17. The Kier molecular flexibility index (Phi) is 6.27. The molecule has 2 N–H and O–H groups in total. The van der Waals surface area contributed by atoms with Gasteiger partial charge in [-0.05, 0) is 48.8 Å². The van der Waals surface area contributed by atoms with Crippen molar-refractivity contribution in [3.05, 3.63) is 49.7 Å². The van der Waals surface area contributed by atoms with Crippen molar-refractivity contribution >= 4 is 52.2 Å². The maximum absolute atomic E-state index is 14.0. The predicted octanol–water partition coefficient (Wildman–Crippen LogP) is 5.36. The first-order valence-electron chi connectivity index (χ1n) is 8.15. The van der Waals surface area contributed by atoms with Crippen LogP contribution in [-0.2, 0) is 0 Å². The highest BCUT2D eigenvalue weighted by Crippen LogP contribution is 2.42. The van der Waals surface area contributed by atoms with E-state index in [0.717, 1.165) is 11.5 Å². The number of nitrogens with one attached hydrogen (secondary N) is 1. The third kappa shape index (κ3) is 4.22. The largest absolute Gasteiger partial charge is 0.387 e. The number of halogens is 5. The van der Waals surface area contributed by atoms with Crippen LogP contribution < -0.4 is 5.32 Å². The van der Waals surface area contributed by atoms with Crippen molar-refractivity contribution in [2.75, 3.05) is 0 Å². The lowest BCUT2D eigenvalue weighted by Gasteiger charge is -2.40. The van der Waals surface area contributed by atoms with Gasteiger partial charge >= 0.3 is 0 Å². The molecule has 1 aromatic carbocycles. The number of nitrogens with zero attached hydrogens (tertiary/aromatic N) is 1. The van der Waals surface area contributed by atoms with Gasteiger partial charge in [-0.15, -0.1) is 0 Å². The van der Waals surface area contributed by atoms with E-state index in [-0.39, 0.29) is 51.3 Å². The van der Waals surface area contributed by atoms with Gasteiger partial charge in [0.1, 0.15) is 21.3 Å². The Bertz CT molecular complexity index is 857. The van der Waals surface area contributed by atoms with Crippen molar-refractivity contribution < 1.29 is 18.7 Å². The predicted molar refractivity (Wildman–Crippen MR) is 102 cm³/mol. The lowest BCUT2D eigenvalue weighted by atomic mass is 9.76. The first-order chi connectivity index (χ1) is 12.7. The molecule has 1 amide bonds. The van der Waals surface area contributed by atoms with Crippen LogP contribution in [0.1, 0.15) is 47.8 Å². The molecule has 10 heteroatoms. The molecule has 27 heavy (non-hydrogen) atoms. The van der Waals surface area contributed by atoms with Crippen LogP contribution in [0.5, 0.6) is 0 Å². The van der Waals surface area contributed by atoms with Crippen LogP contribution in [-0.4, -0.2) is 27.2 Å². The summed E-state index contributed by atoms with van der Waals surface area (Å²) >= 11 is 18.8. The van der Waals surface area contributed by atoms with Crippen LogP contribution in [0.15, 0.2) is 18.2 Å². The Hall–Kier alpha value is -0.990. The van der Waals surface area contributed by atoms with E-state index in [0.29, 0.717) is 0 Å². The molecule has 4 nitrogen and oxygen atoms in total. The number of hydrogen-bond acceptors (Lipinski definition) is 4. The lowest BCUT2D eigenvalue weighted by Crippen LogP contribution is -2.48. The normalized spacial score (nSPS) is 23.9. The van der Waals surface area contributed by atoms with E-state index in [1.807, 2.05) is 0 Å². The number of amides is 1. The molecule has 0 radical (unpaired) electrons. The zero-order valence-corrected chi connectivity index (χ0v) is 16.9. The van der Waals surface area contributed by atoms with E-state index < -0.39 is 29.5 Å². The summed E-state index contributed by atoms with van der Waals surface area (Å²) in [6, 6.07) is 3.03. The number of aromatic nitrogens is 1. The molecule has 1 aromatic heterocycles. The number of benzene rings is 1. The van der Waals surface area contributed by atoms with Gasteiger partial charge in [0.05, 0.1) is 16.7 Å². The summed E-state index contributed by atoms with van der Waals surface area (Å²) in [6.07, 6.45) is -0.621. The minimum atomic E-state index is -1.50. The molecule has 0 aliphatic heterocycles. The average molecular weight is 456 g/mol. The SMILES string of the molecule is O=C(NC(c1cccc(F)c1Cl)C1(O)CCC(F)CC1)c1nsc(Cl)c1Cl. The van der Waals surface area contributed by atoms with E-state index in [2.05, 4.69) is 9.69 Å². The Morgan fingerprint density at radius 3 is 2.56 bits per heavy atom. The van der Waals surface area contributed by atoms with Crippen LogP contribution in [0.3, 0.4) is 0 Å². The third-order valence-corrected chi connectivity index (χ3v) is 6.71. The molecule has 3 rings (SSSR count). The molecule has 1 aliphatic carbocycles. The van der Waals surface area contributed by atoms with Gasteiger partial charge in [0.25, 0.3) is 5.91 Å². The Balaban J connectivity index is 1.98. The smallest absolute Gasteiger partial charge is 0.273 e. The highest BCUT2D eigenvalue weighted by Gasteiger charge is 2.43. The molecule has 0 bridgehead atoms. The summed E-state index contributed by atoms with van der Waals surface area (Å²) in [4.78, 5) is 12.7. The van der Waals surface area contributed by atoms with Crippen molar-refractivity contribution in [1.82, 2.24) is 9.69 Å². The summed E-state index contributed by atoms with van der Waals surface area (Å²) in [5.74, 6) is -1.38. The molecule has 0 saturated heterocycles. The molecular weight excluding hydrogens is 441 g/mol. The minimum Gasteiger partial charge on any atom is -0.387 e. The highest BCUT2D eigenvalue weighted by molar-refractivity contribution is 7.11. The fourth-order valence-corrected chi connectivity index (χ4v) is 4.45. The van der Waals surface area contributed by atoms with Gasteiger partial charge in [-0.2, -0.15) is 4.37 Å². The van der Waals surface area contributed by atoms with Gasteiger partial charge in [-0.25, -0.2) is 8.78 Å². The van der Waals surface area contributed by atoms with Crippen LogP contribution in [0.25, 0.3) is 0 Å². The first-order valence-corrected chi connectivity index (χ1v) is 10.1. The van der Waals surface area contributed by atoms with Gasteiger partial charge in [0.15, 0.2) is 5.69 Å². The molecular formula is C17H15Cl3F2N2O2S. The van der Waals surface area contributed by atoms with E-state index in [1.54, 1.807) is 0 Å². The maximum Gasteiger partial charge on any atom is 0.273 e. The summed E-state index contributed by atoms with van der Waals surface area (Å²) in [6.45, 7) is 0. The number of carbonyl (C=O) groups is 1. The number of carbonyl (C=O) groups excluding carboxylic acids is 1. The van der Waals surface area contributed by atoms with Crippen molar-refractivity contribution in [3.63, 3.8) is 0 Å². The van der Waals surface area contributed by atoms with Crippen molar-refractivity contribution in [2.45, 2.75) is 43.5 Å². The summed E-state index contributed by atoms with van der Waals surface area (Å²) in [7, 11) is 0. The van der Waals surface area contributed by atoms with E-state index in [4.69, 9.17) is 34.8 Å². The summed E-state index contributed by atoms with van der Waals surface area (Å²) in [5.41, 5.74) is -1.41. The van der Waals surface area contributed by atoms with E-state index >= 15 is 0 Å². The number of hydrogen-bond donors (Lipinski definition) is 2. The average Bonchev–Trinajstić information content (AvgIpc) is 2.97. The van der Waals surface area contributed by atoms with Crippen LogP contribution in [0, 0.1) is 5.82 Å². The van der Waals surface area contributed by atoms with Crippen molar-refractivity contribution in [1.29, 1.82) is 0 Å². The minimum absolute atomic E-state index is 0.0114. The molecule has 1 aliphatic rings. The standard InChI is InChI=1S/C17H15Cl3F2N2O2S/c18-11-9(2-1-3-10(11)22)14(17(26)6-4-8(21)5-7-17)23-16(25)13-12(19)15(20)27-24-13/h1-3,8,14,26H,4-7H2,(H,23,25). The lowest BCUT2D eigenvalue weighted by molar-refractivity contribution is -0.0446. The molecule has 1 atom stereocenters. The van der Waals surface area contributed by atoms with E-state index in [9.17, 15) is 18.7 Å². The van der Waals surface area contributed by atoms with Gasteiger partial charge < -0.3 is 10.4 Å². The van der Waals surface area contributed by atoms with Gasteiger partial charge in [-0.1, -0.05) is 46.9 Å². The molecule has 1 saturated carbocycles. The molecule has 2 aromatic rings. The van der Waals surface area contributed by atoms with Crippen molar-refractivity contribution in [3.8, 4) is 0 Å². The quantitative estimate of drug-likeness (QED) is 0.653. The van der Waals surface area contributed by atoms with Gasteiger partial charge in [0, 0.05) is 0 Å². The first kappa shape index (κ1) is 20.7. The maximum atomic E-state index is 14.0. The molecule has 1 unspecified atom stereocenters. The number of rotatable bonds is 4. The molecule has 1 heterocycles. The van der Waals surface area contributed by atoms with Gasteiger partial charge in [0.2, 0.25) is 0 Å². The monoisotopic (exact) mass is 454 g/mol. The highest BCUT2D eigenvalue weighted by atomic mass is 35.5. The van der Waals surface area contributed by atoms with Crippen LogP contribution in [0.4, 0.5) is 8.78 Å². The zero-order valence-electron chi connectivity index (χ0n) is 13.8. The zero-order chi connectivity index (χ0) is 19.8. The number of aliphatic hydroxyl groups is 1. The van der Waals surface area contributed by atoms with Gasteiger partial charge in [-0.3, -0.25) is 4.79 Å². The van der Waals surface area contributed by atoms with E-state index in [1.165, 1.54) is 18.2 Å². The fraction of sp³-hybridized carbons (Fsp3) is 0.412. The summed E-state index contributed by atoms with van der Waals surface area (Å²) in [5, 5.41) is 13.6. The van der Waals surface area contributed by atoms with Crippen LogP contribution in [0.2, 0.25) is 14.4 Å². The Morgan fingerprint density at radius 1 is 1.30 bits per heavy atom. The van der Waals surface area contributed by atoms with Crippen LogP contribution >= 0.6 is 46.3 Å². The fourth-order valence-electron chi connectivity index (χ4n) is 3.22. The Labute approximate surface area is 173 Å². The Morgan fingerprint density at radius 2 is 1.96 bits per heavy atom. The number of alkyl halides is 1. The molecule has 146 valence electrons. The second-order valence-electron chi connectivity index (χ2n) is 6.45. The third-order valence-electron chi connectivity index (χ3n) is 4.70. The topological polar surface area (TPSA) is 62.2 Å². The molecule has 0 spiro atoms.